The SMILES string of the molecule is C=CC(=O)NCc1cc(C=C)cc(CNC(=O)C=C)c1O. The van der Waals surface area contributed by atoms with Crippen LogP contribution < -0.4 is 10.6 Å². The average molecular weight is 286 g/mol. The number of rotatable bonds is 7. The fraction of sp³-hybridized carbons (Fsp3) is 0.125. The summed E-state index contributed by atoms with van der Waals surface area (Å²) >= 11 is 0. The van der Waals surface area contributed by atoms with Crippen LogP contribution >= 0.6 is 0 Å². The van der Waals surface area contributed by atoms with Gasteiger partial charge < -0.3 is 15.7 Å². The number of aromatic hydroxyl groups is 1. The summed E-state index contributed by atoms with van der Waals surface area (Å²) in [6.45, 7) is 10.7. The number of hydrogen-bond donors (Lipinski definition) is 3. The summed E-state index contributed by atoms with van der Waals surface area (Å²) in [5, 5.41) is 15.4. The molecule has 1 aromatic carbocycles. The van der Waals surface area contributed by atoms with Crippen LogP contribution in [0.3, 0.4) is 0 Å². The van der Waals surface area contributed by atoms with Crippen molar-refractivity contribution in [3.63, 3.8) is 0 Å². The molecule has 0 bridgehead atoms. The Hall–Kier alpha value is -2.82. The minimum atomic E-state index is -0.333. The van der Waals surface area contributed by atoms with Crippen molar-refractivity contribution in [2.24, 2.45) is 0 Å². The number of carbonyl (C=O) groups excluding carboxylic acids is 2. The smallest absolute Gasteiger partial charge is 0.243 e. The van der Waals surface area contributed by atoms with Crippen molar-refractivity contribution in [1.82, 2.24) is 10.6 Å². The molecule has 0 aromatic heterocycles. The molecule has 2 amide bonds. The first-order valence-corrected chi connectivity index (χ1v) is 6.29. The van der Waals surface area contributed by atoms with E-state index in [0.717, 1.165) is 17.7 Å². The summed E-state index contributed by atoms with van der Waals surface area (Å²) in [4.78, 5) is 22.4. The summed E-state index contributed by atoms with van der Waals surface area (Å²) in [6, 6.07) is 3.43. The number of phenols is 1. The fourth-order valence-electron chi connectivity index (χ4n) is 1.68. The molecule has 1 rings (SSSR count). The van der Waals surface area contributed by atoms with Gasteiger partial charge in [0.1, 0.15) is 5.75 Å². The van der Waals surface area contributed by atoms with Crippen LogP contribution in [-0.4, -0.2) is 16.9 Å². The summed E-state index contributed by atoms with van der Waals surface area (Å²) in [6.07, 6.45) is 3.93. The van der Waals surface area contributed by atoms with Crippen molar-refractivity contribution < 1.29 is 14.7 Å². The number of nitrogens with one attached hydrogen (secondary N) is 2. The molecule has 0 saturated carbocycles. The Morgan fingerprint density at radius 1 is 1.00 bits per heavy atom. The molecule has 5 heteroatoms. The van der Waals surface area contributed by atoms with Gasteiger partial charge >= 0.3 is 0 Å². The number of hydrogen-bond acceptors (Lipinski definition) is 3. The molecule has 0 saturated heterocycles. The highest BCUT2D eigenvalue weighted by Gasteiger charge is 2.10. The fourth-order valence-corrected chi connectivity index (χ4v) is 1.68. The lowest BCUT2D eigenvalue weighted by Crippen LogP contribution is -2.22. The summed E-state index contributed by atoms with van der Waals surface area (Å²) < 4.78 is 0. The van der Waals surface area contributed by atoms with Gasteiger partial charge in [-0.15, -0.1) is 0 Å². The topological polar surface area (TPSA) is 78.4 Å². The van der Waals surface area contributed by atoms with Gasteiger partial charge in [0, 0.05) is 24.2 Å². The van der Waals surface area contributed by atoms with Gasteiger partial charge in [-0.1, -0.05) is 25.8 Å². The molecule has 21 heavy (non-hydrogen) atoms. The maximum atomic E-state index is 11.2. The van der Waals surface area contributed by atoms with Gasteiger partial charge in [0.05, 0.1) is 0 Å². The number of amides is 2. The van der Waals surface area contributed by atoms with E-state index in [0.29, 0.717) is 11.1 Å². The Balaban J connectivity index is 2.99. The van der Waals surface area contributed by atoms with E-state index in [1.165, 1.54) is 0 Å². The van der Waals surface area contributed by atoms with Crippen LogP contribution in [0.4, 0.5) is 0 Å². The zero-order valence-electron chi connectivity index (χ0n) is 11.7. The van der Waals surface area contributed by atoms with E-state index in [9.17, 15) is 14.7 Å². The standard InChI is InChI=1S/C16H18N2O3/c1-4-11-7-12(9-17-14(19)5-2)16(21)13(8-11)10-18-15(20)6-3/h4-8,21H,1-3,9-10H2,(H,17,19)(H,18,20). The maximum absolute atomic E-state index is 11.2. The third-order valence-electron chi connectivity index (χ3n) is 2.80. The van der Waals surface area contributed by atoms with Crippen LogP contribution in [0.25, 0.3) is 6.08 Å². The monoisotopic (exact) mass is 286 g/mol. The highest BCUT2D eigenvalue weighted by molar-refractivity contribution is 5.87. The van der Waals surface area contributed by atoms with Crippen molar-refractivity contribution >= 4 is 17.9 Å². The number of phenolic OH excluding ortho intramolecular Hbond substituents is 1. The van der Waals surface area contributed by atoms with Gasteiger partial charge in [0.2, 0.25) is 11.8 Å². The normalized spacial score (nSPS) is 9.52. The molecule has 0 spiro atoms. The Bertz CT molecular complexity index is 546. The van der Waals surface area contributed by atoms with Gasteiger partial charge in [0.15, 0.2) is 0 Å². The predicted octanol–water partition coefficient (Wildman–Crippen LogP) is 1.64. The van der Waals surface area contributed by atoms with Crippen LogP contribution in [0.1, 0.15) is 16.7 Å². The van der Waals surface area contributed by atoms with Crippen LogP contribution in [0.15, 0.2) is 44.0 Å². The van der Waals surface area contributed by atoms with Crippen LogP contribution in [0.2, 0.25) is 0 Å². The van der Waals surface area contributed by atoms with Crippen molar-refractivity contribution in [3.8, 4) is 5.75 Å². The molecule has 5 nitrogen and oxygen atoms in total. The Labute approximate surface area is 123 Å². The lowest BCUT2D eigenvalue weighted by atomic mass is 10.0. The molecule has 0 radical (unpaired) electrons. The predicted molar refractivity (Wildman–Crippen MR) is 82.3 cm³/mol. The van der Waals surface area contributed by atoms with E-state index in [-0.39, 0.29) is 30.7 Å². The van der Waals surface area contributed by atoms with Crippen molar-refractivity contribution in [2.45, 2.75) is 13.1 Å². The average Bonchev–Trinajstić information content (AvgIpc) is 2.51. The minimum absolute atomic E-state index is 0.0225. The van der Waals surface area contributed by atoms with Crippen LogP contribution in [-0.2, 0) is 22.7 Å². The van der Waals surface area contributed by atoms with E-state index in [4.69, 9.17) is 0 Å². The second-order valence-electron chi connectivity index (χ2n) is 4.24. The zero-order valence-corrected chi connectivity index (χ0v) is 11.7. The molecule has 0 aliphatic carbocycles. The zero-order chi connectivity index (χ0) is 15.8. The highest BCUT2D eigenvalue weighted by atomic mass is 16.3. The highest BCUT2D eigenvalue weighted by Crippen LogP contribution is 2.25. The van der Waals surface area contributed by atoms with E-state index < -0.39 is 0 Å². The number of carbonyl (C=O) groups is 2. The molecule has 1 aromatic rings. The first kappa shape index (κ1) is 16.2. The van der Waals surface area contributed by atoms with Crippen molar-refractivity contribution in [1.29, 1.82) is 0 Å². The molecule has 0 fully saturated rings. The van der Waals surface area contributed by atoms with E-state index in [1.807, 2.05) is 0 Å². The second-order valence-corrected chi connectivity index (χ2v) is 4.24. The molecule has 3 N–H and O–H groups in total. The summed E-state index contributed by atoms with van der Waals surface area (Å²) in [7, 11) is 0. The largest absolute Gasteiger partial charge is 0.507 e. The van der Waals surface area contributed by atoms with Gasteiger partial charge in [-0.2, -0.15) is 0 Å². The molecule has 0 aliphatic heterocycles. The first-order chi connectivity index (χ1) is 10.0. The third kappa shape index (κ3) is 4.65. The van der Waals surface area contributed by atoms with Crippen LogP contribution in [0.5, 0.6) is 5.75 Å². The Morgan fingerprint density at radius 2 is 1.43 bits per heavy atom. The molecular weight excluding hydrogens is 268 g/mol. The van der Waals surface area contributed by atoms with Crippen LogP contribution in [0, 0.1) is 0 Å². The second kappa shape index (κ2) is 7.69. The third-order valence-corrected chi connectivity index (χ3v) is 2.80. The maximum Gasteiger partial charge on any atom is 0.243 e. The Kier molecular flexibility index (Phi) is 5.95. The minimum Gasteiger partial charge on any atom is -0.507 e. The molecule has 0 unspecified atom stereocenters. The first-order valence-electron chi connectivity index (χ1n) is 6.29. The number of benzene rings is 1. The molecule has 0 aliphatic rings. The lowest BCUT2D eigenvalue weighted by molar-refractivity contribution is -0.117. The molecule has 0 atom stereocenters. The van der Waals surface area contributed by atoms with E-state index in [2.05, 4.69) is 30.4 Å². The summed E-state index contributed by atoms with van der Waals surface area (Å²) in [5.74, 6) is -0.644. The van der Waals surface area contributed by atoms with Crippen molar-refractivity contribution in [2.75, 3.05) is 0 Å². The lowest BCUT2D eigenvalue weighted by Gasteiger charge is -2.12. The van der Waals surface area contributed by atoms with Crippen molar-refractivity contribution in [3.05, 3.63) is 60.7 Å². The van der Waals surface area contributed by atoms with E-state index in [1.54, 1.807) is 18.2 Å². The summed E-state index contributed by atoms with van der Waals surface area (Å²) in [5.41, 5.74) is 1.84. The molecule has 110 valence electrons. The van der Waals surface area contributed by atoms with Gasteiger partial charge in [-0.3, -0.25) is 9.59 Å². The quantitative estimate of drug-likeness (QED) is 0.667. The molecule has 0 heterocycles. The van der Waals surface area contributed by atoms with Gasteiger partial charge in [-0.05, 0) is 29.8 Å². The van der Waals surface area contributed by atoms with Gasteiger partial charge in [-0.25, -0.2) is 0 Å². The molecular formula is C16H18N2O3. The Morgan fingerprint density at radius 3 is 1.76 bits per heavy atom. The van der Waals surface area contributed by atoms with Gasteiger partial charge in [0.25, 0.3) is 0 Å². The van der Waals surface area contributed by atoms with E-state index >= 15 is 0 Å².